The Hall–Kier alpha value is -1.02. The van der Waals surface area contributed by atoms with Crippen LogP contribution in [0.3, 0.4) is 0 Å². The molecule has 1 saturated carbocycles. The Morgan fingerprint density at radius 3 is 2.36 bits per heavy atom. The van der Waals surface area contributed by atoms with Crippen molar-refractivity contribution in [1.82, 2.24) is 0 Å². The van der Waals surface area contributed by atoms with E-state index >= 15 is 0 Å². The predicted octanol–water partition coefficient (Wildman–Crippen LogP) is 2.15. The maximum Gasteiger partial charge on any atom is 0.122 e. The lowest BCUT2D eigenvalue weighted by atomic mass is 10.0. The van der Waals surface area contributed by atoms with Crippen LogP contribution in [0.1, 0.15) is 25.3 Å². The van der Waals surface area contributed by atoms with Crippen molar-refractivity contribution in [2.45, 2.75) is 25.8 Å². The average molecular weight is 191 g/mol. The summed E-state index contributed by atoms with van der Waals surface area (Å²) in [5.41, 5.74) is 7.50. The topological polar surface area (TPSA) is 35.2 Å². The maximum atomic E-state index is 6.04. The molecule has 0 aliphatic heterocycles. The molecular formula is C12H17NO. The fourth-order valence-electron chi connectivity index (χ4n) is 2.20. The molecule has 1 aromatic carbocycles. The fourth-order valence-corrected chi connectivity index (χ4v) is 2.20. The lowest BCUT2D eigenvalue weighted by molar-refractivity contribution is 0.407. The summed E-state index contributed by atoms with van der Waals surface area (Å²) in [5.74, 6) is 1.40. The molecule has 0 bridgehead atoms. The number of para-hydroxylation sites is 1. The predicted molar refractivity (Wildman–Crippen MR) is 57.5 cm³/mol. The van der Waals surface area contributed by atoms with E-state index in [-0.39, 0.29) is 11.5 Å². The third kappa shape index (κ3) is 1.22. The quantitative estimate of drug-likeness (QED) is 0.777. The molecule has 0 radical (unpaired) electrons. The molecule has 0 spiro atoms. The molecule has 0 amide bonds. The molecule has 2 N–H and O–H groups in total. The van der Waals surface area contributed by atoms with Gasteiger partial charge >= 0.3 is 0 Å². The highest BCUT2D eigenvalue weighted by molar-refractivity contribution is 5.43. The van der Waals surface area contributed by atoms with Gasteiger partial charge in [0.1, 0.15) is 5.75 Å². The van der Waals surface area contributed by atoms with E-state index in [4.69, 9.17) is 10.5 Å². The molecule has 1 aliphatic rings. The van der Waals surface area contributed by atoms with E-state index in [0.29, 0.717) is 5.92 Å². The summed E-state index contributed by atoms with van der Waals surface area (Å²) in [6.45, 7) is 4.41. The standard InChI is InChI=1S/C12H17NO/c1-12(2)10(11(12)13)8-6-4-5-7-9(8)14-3/h4-7,10-11H,13H2,1-3H3/t10-,11-/m1/s1. The lowest BCUT2D eigenvalue weighted by Gasteiger charge is -2.08. The monoisotopic (exact) mass is 191 g/mol. The van der Waals surface area contributed by atoms with Crippen molar-refractivity contribution in [3.8, 4) is 5.75 Å². The van der Waals surface area contributed by atoms with Gasteiger partial charge in [0.2, 0.25) is 0 Å². The first-order valence-electron chi connectivity index (χ1n) is 4.97. The summed E-state index contributed by atoms with van der Waals surface area (Å²) in [4.78, 5) is 0. The van der Waals surface area contributed by atoms with E-state index in [0.717, 1.165) is 5.75 Å². The summed E-state index contributed by atoms with van der Waals surface area (Å²) >= 11 is 0. The Balaban J connectivity index is 2.34. The Kier molecular flexibility index (Phi) is 2.04. The van der Waals surface area contributed by atoms with E-state index in [1.54, 1.807) is 7.11 Å². The zero-order valence-electron chi connectivity index (χ0n) is 8.95. The molecule has 14 heavy (non-hydrogen) atoms. The van der Waals surface area contributed by atoms with E-state index < -0.39 is 0 Å². The number of nitrogens with two attached hydrogens (primary N) is 1. The highest BCUT2D eigenvalue weighted by Gasteiger charge is 2.56. The van der Waals surface area contributed by atoms with Gasteiger partial charge in [-0.25, -0.2) is 0 Å². The van der Waals surface area contributed by atoms with Gasteiger partial charge in [0.25, 0.3) is 0 Å². The minimum atomic E-state index is 0.217. The minimum absolute atomic E-state index is 0.217. The molecule has 0 heterocycles. The zero-order valence-corrected chi connectivity index (χ0v) is 8.95. The summed E-state index contributed by atoms with van der Waals surface area (Å²) < 4.78 is 5.33. The molecule has 76 valence electrons. The van der Waals surface area contributed by atoms with Gasteiger partial charge in [-0.1, -0.05) is 32.0 Å². The van der Waals surface area contributed by atoms with Gasteiger partial charge < -0.3 is 10.5 Å². The van der Waals surface area contributed by atoms with Crippen LogP contribution in [0.5, 0.6) is 5.75 Å². The van der Waals surface area contributed by atoms with Gasteiger partial charge in [0.15, 0.2) is 0 Å². The molecular weight excluding hydrogens is 174 g/mol. The average Bonchev–Trinajstić information content (AvgIpc) is 2.66. The second-order valence-corrected chi connectivity index (χ2v) is 4.57. The van der Waals surface area contributed by atoms with Gasteiger partial charge in [0, 0.05) is 12.0 Å². The molecule has 2 rings (SSSR count). The van der Waals surface area contributed by atoms with Crippen molar-refractivity contribution in [3.63, 3.8) is 0 Å². The summed E-state index contributed by atoms with van der Waals surface area (Å²) in [5, 5.41) is 0. The highest BCUT2D eigenvalue weighted by Crippen LogP contribution is 2.58. The van der Waals surface area contributed by atoms with Gasteiger partial charge in [0.05, 0.1) is 7.11 Å². The zero-order chi connectivity index (χ0) is 10.3. The molecule has 0 aromatic heterocycles. The number of benzene rings is 1. The van der Waals surface area contributed by atoms with Gasteiger partial charge in [-0.3, -0.25) is 0 Å². The molecule has 1 aliphatic carbocycles. The molecule has 1 aromatic rings. The Morgan fingerprint density at radius 2 is 1.86 bits per heavy atom. The Labute approximate surface area is 85.1 Å². The van der Waals surface area contributed by atoms with Crippen molar-refractivity contribution in [3.05, 3.63) is 29.8 Å². The van der Waals surface area contributed by atoms with Gasteiger partial charge in [-0.05, 0) is 17.0 Å². The minimum Gasteiger partial charge on any atom is -0.496 e. The largest absolute Gasteiger partial charge is 0.496 e. The smallest absolute Gasteiger partial charge is 0.122 e. The number of ether oxygens (including phenoxy) is 1. The van der Waals surface area contributed by atoms with E-state index in [1.165, 1.54) is 5.56 Å². The summed E-state index contributed by atoms with van der Waals surface area (Å²) in [6.07, 6.45) is 0. The first-order chi connectivity index (χ1) is 6.59. The van der Waals surface area contributed by atoms with Gasteiger partial charge in [-0.2, -0.15) is 0 Å². The van der Waals surface area contributed by atoms with Crippen LogP contribution in [-0.4, -0.2) is 13.2 Å². The first-order valence-corrected chi connectivity index (χ1v) is 4.97. The molecule has 2 heteroatoms. The Bertz CT molecular complexity index is 346. The highest BCUT2D eigenvalue weighted by atomic mass is 16.5. The number of hydrogen-bond acceptors (Lipinski definition) is 2. The second kappa shape index (κ2) is 2.99. The normalized spacial score (nSPS) is 28.6. The lowest BCUT2D eigenvalue weighted by Crippen LogP contribution is -2.06. The van der Waals surface area contributed by atoms with Crippen molar-refractivity contribution >= 4 is 0 Å². The van der Waals surface area contributed by atoms with Gasteiger partial charge in [-0.15, -0.1) is 0 Å². The maximum absolute atomic E-state index is 6.04. The molecule has 2 nitrogen and oxygen atoms in total. The second-order valence-electron chi connectivity index (χ2n) is 4.57. The summed E-state index contributed by atoms with van der Waals surface area (Å²) in [7, 11) is 1.71. The van der Waals surface area contributed by atoms with Crippen LogP contribution >= 0.6 is 0 Å². The molecule has 0 saturated heterocycles. The SMILES string of the molecule is COc1ccccc1[C@@H]1[C@@H](N)C1(C)C. The van der Waals surface area contributed by atoms with Crippen LogP contribution in [-0.2, 0) is 0 Å². The van der Waals surface area contributed by atoms with Crippen molar-refractivity contribution in [2.75, 3.05) is 7.11 Å². The van der Waals surface area contributed by atoms with Crippen LogP contribution in [0.4, 0.5) is 0 Å². The van der Waals surface area contributed by atoms with Crippen molar-refractivity contribution in [1.29, 1.82) is 0 Å². The van der Waals surface area contributed by atoms with Crippen molar-refractivity contribution in [2.24, 2.45) is 11.1 Å². The molecule has 2 atom stereocenters. The van der Waals surface area contributed by atoms with Crippen LogP contribution in [0.2, 0.25) is 0 Å². The van der Waals surface area contributed by atoms with E-state index in [2.05, 4.69) is 19.9 Å². The molecule has 0 unspecified atom stereocenters. The number of rotatable bonds is 2. The Morgan fingerprint density at radius 1 is 1.29 bits per heavy atom. The summed E-state index contributed by atoms with van der Waals surface area (Å²) in [6, 6.07) is 8.40. The van der Waals surface area contributed by atoms with Crippen LogP contribution in [0.15, 0.2) is 24.3 Å². The third-order valence-corrected chi connectivity index (χ3v) is 3.38. The van der Waals surface area contributed by atoms with E-state index in [1.807, 2.05) is 18.2 Å². The van der Waals surface area contributed by atoms with E-state index in [9.17, 15) is 0 Å². The fraction of sp³-hybridized carbons (Fsp3) is 0.500. The van der Waals surface area contributed by atoms with Crippen molar-refractivity contribution < 1.29 is 4.74 Å². The molecule has 1 fully saturated rings. The van der Waals surface area contributed by atoms with Crippen LogP contribution in [0.25, 0.3) is 0 Å². The van der Waals surface area contributed by atoms with Crippen LogP contribution in [0, 0.1) is 5.41 Å². The van der Waals surface area contributed by atoms with Crippen LogP contribution < -0.4 is 10.5 Å². The third-order valence-electron chi connectivity index (χ3n) is 3.38. The first kappa shape index (κ1) is 9.53. The number of methoxy groups -OCH3 is 1. The number of hydrogen-bond donors (Lipinski definition) is 1.